The predicted octanol–water partition coefficient (Wildman–Crippen LogP) is 2.64. The summed E-state index contributed by atoms with van der Waals surface area (Å²) in [5.41, 5.74) is 2.68. The first-order valence-corrected chi connectivity index (χ1v) is 9.11. The van der Waals surface area contributed by atoms with E-state index in [2.05, 4.69) is 25.1 Å². The largest absolute Gasteiger partial charge is 0.462 e. The number of hydrogen-bond donors (Lipinski definition) is 1. The number of carbonyl (C=O) groups is 1. The SMILES string of the molecule is CCOC(=O)c1cc(C#N)c(=S)n(C[NH+](CC)Cc2ccccc2)c1C. The standard InChI is InChI=1S/C20H23N3O2S/c1-4-22(13-16-9-7-6-8-10-16)14-23-15(3)18(20(24)25-5-2)11-17(12-21)19(23)26/h6-11H,4-5,13-14H2,1-3H3/p+1. The maximum absolute atomic E-state index is 12.3. The van der Waals surface area contributed by atoms with Crippen molar-refractivity contribution < 1.29 is 14.4 Å². The van der Waals surface area contributed by atoms with Crippen LogP contribution in [0.2, 0.25) is 0 Å². The van der Waals surface area contributed by atoms with Gasteiger partial charge in [-0.3, -0.25) is 4.57 Å². The van der Waals surface area contributed by atoms with Crippen LogP contribution in [0.5, 0.6) is 0 Å². The Morgan fingerprint density at radius 2 is 2.00 bits per heavy atom. The van der Waals surface area contributed by atoms with Crippen LogP contribution in [0.15, 0.2) is 36.4 Å². The normalized spacial score (nSPS) is 11.6. The van der Waals surface area contributed by atoms with E-state index in [0.29, 0.717) is 22.4 Å². The Bertz CT molecular complexity index is 869. The quantitative estimate of drug-likeness (QED) is 0.601. The number of ether oxygens (including phenoxy) is 1. The number of aromatic nitrogens is 1. The second-order valence-corrected chi connectivity index (χ2v) is 6.43. The van der Waals surface area contributed by atoms with E-state index in [0.717, 1.165) is 18.8 Å². The van der Waals surface area contributed by atoms with Crippen molar-refractivity contribution >= 4 is 18.2 Å². The second kappa shape index (κ2) is 9.27. The molecule has 1 aromatic carbocycles. The van der Waals surface area contributed by atoms with Crippen molar-refractivity contribution in [1.82, 2.24) is 4.57 Å². The van der Waals surface area contributed by atoms with Gasteiger partial charge >= 0.3 is 5.97 Å². The monoisotopic (exact) mass is 370 g/mol. The summed E-state index contributed by atoms with van der Waals surface area (Å²) in [5, 5.41) is 9.41. The number of hydrogen-bond acceptors (Lipinski definition) is 4. The highest BCUT2D eigenvalue weighted by atomic mass is 32.1. The Kier molecular flexibility index (Phi) is 7.07. The second-order valence-electron chi connectivity index (χ2n) is 6.05. The molecule has 0 bridgehead atoms. The summed E-state index contributed by atoms with van der Waals surface area (Å²) in [6.07, 6.45) is 0. The number of nitrogens with one attached hydrogen (secondary N) is 1. The molecule has 1 N–H and O–H groups in total. The zero-order chi connectivity index (χ0) is 19.1. The van der Waals surface area contributed by atoms with E-state index in [1.54, 1.807) is 6.92 Å². The Morgan fingerprint density at radius 1 is 1.31 bits per heavy atom. The number of carbonyl (C=O) groups excluding carboxylic acids is 1. The van der Waals surface area contributed by atoms with Crippen LogP contribution in [0.3, 0.4) is 0 Å². The highest BCUT2D eigenvalue weighted by molar-refractivity contribution is 7.71. The van der Waals surface area contributed by atoms with E-state index in [9.17, 15) is 10.1 Å². The van der Waals surface area contributed by atoms with E-state index in [1.807, 2.05) is 29.7 Å². The lowest BCUT2D eigenvalue weighted by Gasteiger charge is -2.22. The van der Waals surface area contributed by atoms with Gasteiger partial charge in [-0.25, -0.2) is 4.79 Å². The number of quaternary nitrogens is 1. The zero-order valence-corrected chi connectivity index (χ0v) is 16.2. The molecule has 0 fully saturated rings. The van der Waals surface area contributed by atoms with Gasteiger partial charge in [0.2, 0.25) is 0 Å². The average molecular weight is 370 g/mol. The molecule has 2 rings (SSSR count). The topological polar surface area (TPSA) is 59.5 Å². The number of nitriles is 1. The lowest BCUT2D eigenvalue weighted by atomic mass is 10.1. The van der Waals surface area contributed by atoms with Crippen molar-refractivity contribution in [3.05, 3.63) is 63.4 Å². The number of pyridine rings is 1. The Hall–Kier alpha value is -2.49. The molecule has 26 heavy (non-hydrogen) atoms. The van der Waals surface area contributed by atoms with E-state index in [-0.39, 0.29) is 6.61 Å². The van der Waals surface area contributed by atoms with Gasteiger partial charge in [0, 0.05) is 11.3 Å². The lowest BCUT2D eigenvalue weighted by Crippen LogP contribution is -3.09. The third kappa shape index (κ3) is 4.57. The Labute approximate surface area is 159 Å². The molecule has 1 unspecified atom stereocenters. The fraction of sp³-hybridized carbons (Fsp3) is 0.350. The highest BCUT2D eigenvalue weighted by Crippen LogP contribution is 2.14. The van der Waals surface area contributed by atoms with Gasteiger partial charge in [0.1, 0.15) is 17.3 Å². The third-order valence-corrected chi connectivity index (χ3v) is 4.79. The van der Waals surface area contributed by atoms with Crippen LogP contribution >= 0.6 is 12.2 Å². The maximum Gasteiger partial charge on any atom is 0.339 e. The van der Waals surface area contributed by atoms with Crippen LogP contribution in [0.1, 0.15) is 41.0 Å². The minimum Gasteiger partial charge on any atom is -0.462 e. The molecule has 0 aliphatic carbocycles. The molecule has 1 heterocycles. The predicted molar refractivity (Wildman–Crippen MR) is 102 cm³/mol. The molecule has 0 aliphatic rings. The smallest absolute Gasteiger partial charge is 0.339 e. The minimum atomic E-state index is -0.425. The first-order valence-electron chi connectivity index (χ1n) is 8.70. The van der Waals surface area contributed by atoms with Gasteiger partial charge in [-0.1, -0.05) is 42.5 Å². The molecule has 0 amide bonds. The molecular weight excluding hydrogens is 346 g/mol. The fourth-order valence-electron chi connectivity index (χ4n) is 2.84. The molecule has 0 saturated carbocycles. The summed E-state index contributed by atoms with van der Waals surface area (Å²) in [5.74, 6) is -0.425. The zero-order valence-electron chi connectivity index (χ0n) is 15.4. The lowest BCUT2D eigenvalue weighted by molar-refractivity contribution is -0.934. The van der Waals surface area contributed by atoms with Crippen molar-refractivity contribution in [1.29, 1.82) is 5.26 Å². The summed E-state index contributed by atoms with van der Waals surface area (Å²) in [6, 6.07) is 13.9. The first-order chi connectivity index (χ1) is 12.5. The van der Waals surface area contributed by atoms with Gasteiger partial charge in [0.15, 0.2) is 6.67 Å². The minimum absolute atomic E-state index is 0.288. The Balaban J connectivity index is 2.40. The van der Waals surface area contributed by atoms with Gasteiger partial charge in [-0.2, -0.15) is 5.26 Å². The number of esters is 1. The Morgan fingerprint density at radius 3 is 2.58 bits per heavy atom. The van der Waals surface area contributed by atoms with Gasteiger partial charge in [-0.15, -0.1) is 0 Å². The van der Waals surface area contributed by atoms with Crippen LogP contribution < -0.4 is 4.90 Å². The van der Waals surface area contributed by atoms with E-state index >= 15 is 0 Å². The molecule has 0 radical (unpaired) electrons. The maximum atomic E-state index is 12.3. The van der Waals surface area contributed by atoms with Gasteiger partial charge in [-0.05, 0) is 26.8 Å². The molecule has 0 spiro atoms. The molecule has 136 valence electrons. The summed E-state index contributed by atoms with van der Waals surface area (Å²) >= 11 is 5.50. The molecule has 0 aliphatic heterocycles. The highest BCUT2D eigenvalue weighted by Gasteiger charge is 2.19. The van der Waals surface area contributed by atoms with E-state index in [4.69, 9.17) is 17.0 Å². The summed E-state index contributed by atoms with van der Waals surface area (Å²) in [4.78, 5) is 13.5. The van der Waals surface area contributed by atoms with Crippen molar-refractivity contribution in [3.63, 3.8) is 0 Å². The van der Waals surface area contributed by atoms with Crippen LogP contribution in [0.25, 0.3) is 0 Å². The first kappa shape index (κ1) is 19.8. The van der Waals surface area contributed by atoms with Gasteiger partial charge in [0.25, 0.3) is 0 Å². The molecule has 1 atom stereocenters. The van der Waals surface area contributed by atoms with Gasteiger partial charge in [0.05, 0.1) is 24.3 Å². The number of nitrogens with zero attached hydrogens (tertiary/aromatic N) is 2. The third-order valence-electron chi connectivity index (χ3n) is 4.35. The molecular formula is C20H24N3O2S+. The average Bonchev–Trinajstić information content (AvgIpc) is 2.65. The summed E-state index contributed by atoms with van der Waals surface area (Å²) in [7, 11) is 0. The van der Waals surface area contributed by atoms with Crippen LogP contribution in [-0.4, -0.2) is 23.7 Å². The van der Waals surface area contributed by atoms with Crippen molar-refractivity contribution in [3.8, 4) is 6.07 Å². The van der Waals surface area contributed by atoms with E-state index < -0.39 is 5.97 Å². The van der Waals surface area contributed by atoms with Crippen LogP contribution in [-0.2, 0) is 18.0 Å². The van der Waals surface area contributed by atoms with Crippen molar-refractivity contribution in [2.45, 2.75) is 34.0 Å². The molecule has 0 saturated heterocycles. The van der Waals surface area contributed by atoms with Crippen molar-refractivity contribution in [2.75, 3.05) is 13.2 Å². The summed E-state index contributed by atoms with van der Waals surface area (Å²) in [6.45, 7) is 8.31. The molecule has 6 heteroatoms. The van der Waals surface area contributed by atoms with Gasteiger partial charge < -0.3 is 9.64 Å². The van der Waals surface area contributed by atoms with Crippen LogP contribution in [0.4, 0.5) is 0 Å². The van der Waals surface area contributed by atoms with Crippen molar-refractivity contribution in [2.24, 2.45) is 0 Å². The molecule has 5 nitrogen and oxygen atoms in total. The molecule has 2 aromatic rings. The van der Waals surface area contributed by atoms with E-state index in [1.165, 1.54) is 16.5 Å². The summed E-state index contributed by atoms with van der Waals surface area (Å²) < 4.78 is 7.46. The number of rotatable bonds is 7. The number of benzene rings is 1. The van der Waals surface area contributed by atoms with Crippen LogP contribution in [0, 0.1) is 22.9 Å². The molecule has 1 aromatic heterocycles. The fourth-order valence-corrected chi connectivity index (χ4v) is 3.15.